The second kappa shape index (κ2) is 9.08. The minimum atomic E-state index is -0.512. The fourth-order valence-electron chi connectivity index (χ4n) is 2.80. The van der Waals surface area contributed by atoms with Crippen molar-refractivity contribution in [3.63, 3.8) is 0 Å². The number of furan rings is 1. The van der Waals surface area contributed by atoms with Crippen molar-refractivity contribution in [1.82, 2.24) is 9.78 Å². The van der Waals surface area contributed by atoms with E-state index in [2.05, 4.69) is 26.3 Å². The van der Waals surface area contributed by atoms with Gasteiger partial charge in [0, 0.05) is 4.47 Å². The number of rotatable bonds is 6. The molecule has 9 heteroatoms. The van der Waals surface area contributed by atoms with Gasteiger partial charge in [0.25, 0.3) is 5.91 Å². The van der Waals surface area contributed by atoms with Gasteiger partial charge >= 0.3 is 0 Å². The molecule has 0 spiro atoms. The summed E-state index contributed by atoms with van der Waals surface area (Å²) in [6, 6.07) is 19.7. The monoisotopic (exact) mass is 496 g/mol. The fraction of sp³-hybridized carbons (Fsp3) is 0.0455. The van der Waals surface area contributed by atoms with Crippen molar-refractivity contribution >= 4 is 39.3 Å². The Balaban J connectivity index is 1.49. The largest absolute Gasteiger partial charge is 0.484 e. The number of hydrogen-bond donors (Lipinski definition) is 1. The highest BCUT2D eigenvalue weighted by molar-refractivity contribution is 9.10. The highest BCUT2D eigenvalue weighted by Crippen LogP contribution is 2.28. The van der Waals surface area contributed by atoms with Crippen LogP contribution in [0.15, 0.2) is 75.8 Å². The van der Waals surface area contributed by atoms with Crippen LogP contribution in [0.4, 0.5) is 5.82 Å². The first kappa shape index (κ1) is 20.7. The van der Waals surface area contributed by atoms with Crippen LogP contribution >= 0.6 is 27.5 Å². The molecule has 1 N–H and O–H groups in total. The lowest BCUT2D eigenvalue weighted by Crippen LogP contribution is -2.15. The number of amides is 1. The summed E-state index contributed by atoms with van der Waals surface area (Å²) in [7, 11) is 0. The zero-order chi connectivity index (χ0) is 21.8. The van der Waals surface area contributed by atoms with E-state index in [0.29, 0.717) is 22.2 Å². The Bertz CT molecular complexity index is 1280. The Morgan fingerprint density at radius 1 is 1.23 bits per heavy atom. The maximum absolute atomic E-state index is 12.7. The number of ether oxygens (including phenoxy) is 1. The molecule has 0 saturated carbocycles. The van der Waals surface area contributed by atoms with Crippen molar-refractivity contribution in [2.24, 2.45) is 0 Å². The molecule has 0 saturated heterocycles. The number of nitrogens with zero attached hydrogens (tertiary/aromatic N) is 3. The summed E-state index contributed by atoms with van der Waals surface area (Å²) < 4.78 is 13.6. The van der Waals surface area contributed by atoms with Gasteiger partial charge in [-0.3, -0.25) is 4.79 Å². The number of anilines is 1. The number of carbonyl (C=O) groups is 1. The topological polar surface area (TPSA) is 93.1 Å². The summed E-state index contributed by atoms with van der Waals surface area (Å²) >= 11 is 9.48. The van der Waals surface area contributed by atoms with Gasteiger partial charge in [-0.05, 0) is 42.5 Å². The molecule has 2 aromatic heterocycles. The first-order valence-electron chi connectivity index (χ1n) is 9.06. The van der Waals surface area contributed by atoms with Gasteiger partial charge in [-0.15, -0.1) is 0 Å². The molecular weight excluding hydrogens is 484 g/mol. The number of carbonyl (C=O) groups excluding carboxylic acids is 1. The minimum absolute atomic E-state index is 0.0743. The number of para-hydroxylation sites is 1. The summed E-state index contributed by atoms with van der Waals surface area (Å²) in [6.45, 7) is 0.0972. The third-order valence-corrected chi connectivity index (χ3v) is 5.06. The van der Waals surface area contributed by atoms with E-state index in [1.54, 1.807) is 18.2 Å². The van der Waals surface area contributed by atoms with E-state index in [9.17, 15) is 10.1 Å². The minimum Gasteiger partial charge on any atom is -0.484 e. The Hall–Kier alpha value is -3.54. The van der Waals surface area contributed by atoms with E-state index in [0.717, 1.165) is 4.47 Å². The number of halogens is 2. The van der Waals surface area contributed by atoms with E-state index in [1.165, 1.54) is 16.9 Å². The third-order valence-electron chi connectivity index (χ3n) is 4.27. The lowest BCUT2D eigenvalue weighted by Gasteiger charge is -2.09. The van der Waals surface area contributed by atoms with Gasteiger partial charge in [0.15, 0.2) is 11.6 Å². The average Bonchev–Trinajstić information content (AvgIpc) is 3.41. The summed E-state index contributed by atoms with van der Waals surface area (Å²) in [5.41, 5.74) is 0.941. The zero-order valence-electron chi connectivity index (χ0n) is 15.9. The maximum atomic E-state index is 12.7. The van der Waals surface area contributed by atoms with Crippen LogP contribution in [0.5, 0.6) is 5.75 Å². The predicted octanol–water partition coefficient (Wildman–Crippen LogP) is 5.58. The summed E-state index contributed by atoms with van der Waals surface area (Å²) in [5.74, 6) is 0.765. The van der Waals surface area contributed by atoms with Crippen molar-refractivity contribution in [2.45, 2.75) is 6.61 Å². The van der Waals surface area contributed by atoms with Crippen LogP contribution < -0.4 is 10.1 Å². The number of aromatic nitrogens is 2. The van der Waals surface area contributed by atoms with Gasteiger partial charge in [0.05, 0.1) is 16.9 Å². The zero-order valence-corrected chi connectivity index (χ0v) is 18.2. The lowest BCUT2D eigenvalue weighted by atomic mass is 10.3. The van der Waals surface area contributed by atoms with Crippen LogP contribution in [0.25, 0.3) is 5.69 Å². The number of hydrogen-bond acceptors (Lipinski definition) is 5. The van der Waals surface area contributed by atoms with Crippen molar-refractivity contribution < 1.29 is 13.9 Å². The van der Waals surface area contributed by atoms with Gasteiger partial charge in [-0.2, -0.15) is 10.4 Å². The molecule has 154 valence electrons. The van der Waals surface area contributed by atoms with Gasteiger partial charge in [0.1, 0.15) is 29.7 Å². The van der Waals surface area contributed by atoms with Gasteiger partial charge in [-0.1, -0.05) is 45.7 Å². The Morgan fingerprint density at radius 2 is 2.03 bits per heavy atom. The Labute approximate surface area is 190 Å². The number of nitriles is 1. The number of nitrogens with one attached hydrogen (secondary N) is 1. The Kier molecular flexibility index (Phi) is 6.07. The second-order valence-electron chi connectivity index (χ2n) is 6.35. The average molecular weight is 498 g/mol. The SMILES string of the molecule is N#Cc1cnn(-c2ccccc2)c1NC(=O)c1ccc(COc2ccc(Br)cc2Cl)o1. The molecule has 2 heterocycles. The predicted molar refractivity (Wildman–Crippen MR) is 118 cm³/mol. The van der Waals surface area contributed by atoms with Crippen LogP contribution in [0.3, 0.4) is 0 Å². The van der Waals surface area contributed by atoms with E-state index >= 15 is 0 Å². The normalized spacial score (nSPS) is 10.5. The highest BCUT2D eigenvalue weighted by atomic mass is 79.9. The summed E-state index contributed by atoms with van der Waals surface area (Å²) in [5, 5.41) is 16.7. The van der Waals surface area contributed by atoms with Crippen LogP contribution in [0, 0.1) is 11.3 Å². The molecular formula is C22H14BrClN4O3. The fourth-order valence-corrected chi connectivity index (χ4v) is 3.53. The molecule has 0 unspecified atom stereocenters. The second-order valence-corrected chi connectivity index (χ2v) is 7.67. The smallest absolute Gasteiger partial charge is 0.292 e. The molecule has 31 heavy (non-hydrogen) atoms. The molecule has 2 aromatic carbocycles. The molecule has 0 fully saturated rings. The third kappa shape index (κ3) is 4.63. The molecule has 0 atom stereocenters. The maximum Gasteiger partial charge on any atom is 0.292 e. The first-order chi connectivity index (χ1) is 15.0. The van der Waals surface area contributed by atoms with Crippen molar-refractivity contribution in [3.05, 3.63) is 93.4 Å². The van der Waals surface area contributed by atoms with Crippen molar-refractivity contribution in [3.8, 4) is 17.5 Å². The standard InChI is InChI=1S/C22H14BrClN4O3/c23-15-6-8-19(18(24)10-15)30-13-17-7-9-20(31-17)22(29)27-21-14(11-25)12-26-28(21)16-4-2-1-3-5-16/h1-10,12H,13H2,(H,27,29). The van der Waals surface area contributed by atoms with Gasteiger partial charge in [-0.25, -0.2) is 4.68 Å². The molecule has 0 aliphatic rings. The molecule has 0 aliphatic carbocycles. The van der Waals surface area contributed by atoms with E-state index in [1.807, 2.05) is 42.5 Å². The van der Waals surface area contributed by atoms with E-state index in [-0.39, 0.29) is 23.7 Å². The van der Waals surface area contributed by atoms with Crippen molar-refractivity contribution in [1.29, 1.82) is 5.26 Å². The van der Waals surface area contributed by atoms with Crippen molar-refractivity contribution in [2.75, 3.05) is 5.32 Å². The molecule has 4 rings (SSSR count). The van der Waals surface area contributed by atoms with Gasteiger partial charge < -0.3 is 14.5 Å². The number of benzene rings is 2. The molecule has 7 nitrogen and oxygen atoms in total. The lowest BCUT2D eigenvalue weighted by molar-refractivity contribution is 0.0992. The van der Waals surface area contributed by atoms with Crippen LogP contribution in [-0.4, -0.2) is 15.7 Å². The molecule has 0 radical (unpaired) electrons. The van der Waals surface area contributed by atoms with Crippen LogP contribution in [-0.2, 0) is 6.61 Å². The quantitative estimate of drug-likeness (QED) is 0.375. The van der Waals surface area contributed by atoms with Gasteiger partial charge in [0.2, 0.25) is 0 Å². The first-order valence-corrected chi connectivity index (χ1v) is 10.2. The summed E-state index contributed by atoms with van der Waals surface area (Å²) in [4.78, 5) is 12.7. The van der Waals surface area contributed by atoms with Crippen LogP contribution in [0.1, 0.15) is 21.9 Å². The molecule has 0 bridgehead atoms. The molecule has 4 aromatic rings. The molecule has 1 amide bonds. The highest BCUT2D eigenvalue weighted by Gasteiger charge is 2.18. The summed E-state index contributed by atoms with van der Waals surface area (Å²) in [6.07, 6.45) is 1.39. The Morgan fingerprint density at radius 3 is 2.77 bits per heavy atom. The molecule has 0 aliphatic heterocycles. The van der Waals surface area contributed by atoms with E-state index in [4.69, 9.17) is 20.8 Å². The van der Waals surface area contributed by atoms with Crippen LogP contribution in [0.2, 0.25) is 5.02 Å². The van der Waals surface area contributed by atoms with E-state index < -0.39 is 5.91 Å².